The van der Waals surface area contributed by atoms with Crippen molar-refractivity contribution in [1.82, 2.24) is 10.6 Å². The zero-order valence-electron chi connectivity index (χ0n) is 15.0. The molecule has 140 valence electrons. The van der Waals surface area contributed by atoms with Gasteiger partial charge in [-0.25, -0.2) is 4.79 Å². The SMILES string of the molecule is CCOc1ccccc1NC(=O)C1=C(C)NC(=O)NC1c1cccc(Cl)c1. The Morgan fingerprint density at radius 2 is 2.00 bits per heavy atom. The second-order valence-corrected chi connectivity index (χ2v) is 6.44. The van der Waals surface area contributed by atoms with Crippen LogP contribution in [0.25, 0.3) is 0 Å². The summed E-state index contributed by atoms with van der Waals surface area (Å²) >= 11 is 6.09. The van der Waals surface area contributed by atoms with Gasteiger partial charge in [0.1, 0.15) is 5.75 Å². The Morgan fingerprint density at radius 3 is 2.74 bits per heavy atom. The van der Waals surface area contributed by atoms with Gasteiger partial charge in [0.2, 0.25) is 0 Å². The second-order valence-electron chi connectivity index (χ2n) is 6.01. The van der Waals surface area contributed by atoms with Gasteiger partial charge in [-0.05, 0) is 43.7 Å². The van der Waals surface area contributed by atoms with Crippen LogP contribution in [0.5, 0.6) is 5.75 Å². The number of benzene rings is 2. The minimum Gasteiger partial charge on any atom is -0.492 e. The van der Waals surface area contributed by atoms with E-state index in [0.717, 1.165) is 5.56 Å². The van der Waals surface area contributed by atoms with Crippen LogP contribution in [0.2, 0.25) is 5.02 Å². The number of halogens is 1. The van der Waals surface area contributed by atoms with Crippen LogP contribution in [0.15, 0.2) is 59.8 Å². The van der Waals surface area contributed by atoms with E-state index in [1.165, 1.54) is 0 Å². The Balaban J connectivity index is 1.95. The van der Waals surface area contributed by atoms with Crippen LogP contribution in [0.1, 0.15) is 25.5 Å². The van der Waals surface area contributed by atoms with Crippen molar-refractivity contribution < 1.29 is 14.3 Å². The summed E-state index contributed by atoms with van der Waals surface area (Å²) in [6.07, 6.45) is 0. The maximum absolute atomic E-state index is 13.1. The molecule has 1 atom stereocenters. The lowest BCUT2D eigenvalue weighted by molar-refractivity contribution is -0.113. The van der Waals surface area contributed by atoms with Gasteiger partial charge >= 0.3 is 6.03 Å². The highest BCUT2D eigenvalue weighted by atomic mass is 35.5. The zero-order valence-corrected chi connectivity index (χ0v) is 15.8. The fraction of sp³-hybridized carbons (Fsp3) is 0.200. The quantitative estimate of drug-likeness (QED) is 0.727. The molecule has 0 fully saturated rings. The number of carbonyl (C=O) groups excluding carboxylic acids is 2. The topological polar surface area (TPSA) is 79.5 Å². The van der Waals surface area contributed by atoms with Crippen LogP contribution < -0.4 is 20.7 Å². The third-order valence-corrected chi connectivity index (χ3v) is 4.37. The first-order chi connectivity index (χ1) is 13.0. The van der Waals surface area contributed by atoms with Crippen LogP contribution in [-0.4, -0.2) is 18.5 Å². The number of hydrogen-bond acceptors (Lipinski definition) is 3. The summed E-state index contributed by atoms with van der Waals surface area (Å²) in [6, 6.07) is 13.3. The highest BCUT2D eigenvalue weighted by Gasteiger charge is 2.31. The molecule has 0 spiro atoms. The molecule has 0 aromatic heterocycles. The lowest BCUT2D eigenvalue weighted by Crippen LogP contribution is -2.46. The first-order valence-electron chi connectivity index (χ1n) is 8.56. The van der Waals surface area contributed by atoms with Gasteiger partial charge in [0.05, 0.1) is 23.9 Å². The zero-order chi connectivity index (χ0) is 19.4. The number of hydrogen-bond donors (Lipinski definition) is 3. The van der Waals surface area contributed by atoms with E-state index in [-0.39, 0.29) is 11.9 Å². The Bertz CT molecular complexity index is 911. The summed E-state index contributed by atoms with van der Waals surface area (Å²) in [5, 5.41) is 8.85. The fourth-order valence-electron chi connectivity index (χ4n) is 2.97. The summed E-state index contributed by atoms with van der Waals surface area (Å²) in [5.41, 5.74) is 2.17. The molecule has 2 aromatic carbocycles. The van der Waals surface area contributed by atoms with E-state index in [2.05, 4.69) is 16.0 Å². The molecule has 1 unspecified atom stereocenters. The van der Waals surface area contributed by atoms with Crippen molar-refractivity contribution in [2.24, 2.45) is 0 Å². The predicted octanol–water partition coefficient (Wildman–Crippen LogP) is 4.01. The maximum Gasteiger partial charge on any atom is 0.319 e. The van der Waals surface area contributed by atoms with E-state index < -0.39 is 6.04 Å². The molecule has 0 saturated heterocycles. The summed E-state index contributed by atoms with van der Waals surface area (Å²) < 4.78 is 5.56. The monoisotopic (exact) mass is 385 g/mol. The second kappa shape index (κ2) is 8.14. The average molecular weight is 386 g/mol. The molecule has 0 saturated carbocycles. The lowest BCUT2D eigenvalue weighted by Gasteiger charge is -2.29. The van der Waals surface area contributed by atoms with Gasteiger partial charge in [0, 0.05) is 10.7 Å². The summed E-state index contributed by atoms with van der Waals surface area (Å²) in [7, 11) is 0. The molecule has 1 aliphatic rings. The molecular formula is C20H20ClN3O3. The molecule has 0 aliphatic carbocycles. The molecular weight excluding hydrogens is 366 g/mol. The van der Waals surface area contributed by atoms with Crippen molar-refractivity contribution in [3.8, 4) is 5.75 Å². The smallest absolute Gasteiger partial charge is 0.319 e. The molecule has 1 aliphatic heterocycles. The van der Waals surface area contributed by atoms with Crippen LogP contribution in [0.3, 0.4) is 0 Å². The number of ether oxygens (including phenoxy) is 1. The van der Waals surface area contributed by atoms with E-state index >= 15 is 0 Å². The first-order valence-corrected chi connectivity index (χ1v) is 8.94. The van der Waals surface area contributed by atoms with Crippen molar-refractivity contribution in [1.29, 1.82) is 0 Å². The van der Waals surface area contributed by atoms with Crippen LogP contribution >= 0.6 is 11.6 Å². The highest BCUT2D eigenvalue weighted by Crippen LogP contribution is 2.31. The van der Waals surface area contributed by atoms with Gasteiger partial charge in [-0.1, -0.05) is 35.9 Å². The molecule has 7 heteroatoms. The van der Waals surface area contributed by atoms with Crippen LogP contribution in [0.4, 0.5) is 10.5 Å². The molecule has 0 bridgehead atoms. The summed E-state index contributed by atoms with van der Waals surface area (Å²) in [5.74, 6) is 0.246. The molecule has 3 rings (SSSR count). The van der Waals surface area contributed by atoms with E-state index in [0.29, 0.717) is 34.3 Å². The van der Waals surface area contributed by atoms with Gasteiger partial charge in [0.25, 0.3) is 5.91 Å². The lowest BCUT2D eigenvalue weighted by atomic mass is 9.95. The number of carbonyl (C=O) groups is 2. The third-order valence-electron chi connectivity index (χ3n) is 4.13. The molecule has 2 aromatic rings. The molecule has 3 amide bonds. The third kappa shape index (κ3) is 4.23. The van der Waals surface area contributed by atoms with Crippen molar-refractivity contribution in [3.63, 3.8) is 0 Å². The van der Waals surface area contributed by atoms with Gasteiger partial charge in [-0.3, -0.25) is 4.79 Å². The van der Waals surface area contributed by atoms with Gasteiger partial charge < -0.3 is 20.7 Å². The number of nitrogens with one attached hydrogen (secondary N) is 3. The largest absolute Gasteiger partial charge is 0.492 e. The Morgan fingerprint density at radius 1 is 1.22 bits per heavy atom. The Labute approximate surface area is 162 Å². The summed E-state index contributed by atoms with van der Waals surface area (Å²) in [4.78, 5) is 25.0. The van der Waals surface area contributed by atoms with Crippen molar-refractivity contribution in [3.05, 3.63) is 70.4 Å². The number of para-hydroxylation sites is 2. The van der Waals surface area contributed by atoms with E-state index in [1.807, 2.05) is 25.1 Å². The molecule has 1 heterocycles. The highest BCUT2D eigenvalue weighted by molar-refractivity contribution is 6.30. The Kier molecular flexibility index (Phi) is 5.66. The fourth-order valence-corrected chi connectivity index (χ4v) is 3.17. The van der Waals surface area contributed by atoms with Gasteiger partial charge in [-0.2, -0.15) is 0 Å². The van der Waals surface area contributed by atoms with Crippen LogP contribution in [-0.2, 0) is 4.79 Å². The first kappa shape index (κ1) is 18.8. The normalized spacial score (nSPS) is 16.4. The van der Waals surface area contributed by atoms with Gasteiger partial charge in [0.15, 0.2) is 0 Å². The molecule has 3 N–H and O–H groups in total. The molecule has 0 radical (unpaired) electrons. The van der Waals surface area contributed by atoms with E-state index in [4.69, 9.17) is 16.3 Å². The van der Waals surface area contributed by atoms with Crippen molar-refractivity contribution in [2.45, 2.75) is 19.9 Å². The van der Waals surface area contributed by atoms with Gasteiger partial charge in [-0.15, -0.1) is 0 Å². The van der Waals surface area contributed by atoms with Crippen molar-refractivity contribution >= 4 is 29.2 Å². The summed E-state index contributed by atoms with van der Waals surface area (Å²) in [6.45, 7) is 4.05. The number of rotatable bonds is 5. The Hall–Kier alpha value is -2.99. The molecule has 6 nitrogen and oxygen atoms in total. The van der Waals surface area contributed by atoms with E-state index in [1.54, 1.807) is 37.3 Å². The minimum atomic E-state index is -0.614. The standard InChI is InChI=1S/C20H20ClN3O3/c1-3-27-16-10-5-4-9-15(16)23-19(25)17-12(2)22-20(26)24-18(17)13-7-6-8-14(21)11-13/h4-11,18H,3H2,1-2H3,(H,23,25)(H2,22,24,26). The minimum absolute atomic E-state index is 0.336. The van der Waals surface area contributed by atoms with Crippen molar-refractivity contribution in [2.75, 3.05) is 11.9 Å². The average Bonchev–Trinajstić information content (AvgIpc) is 2.63. The molecule has 27 heavy (non-hydrogen) atoms. The number of allylic oxidation sites excluding steroid dienone is 1. The number of amides is 3. The van der Waals surface area contributed by atoms with E-state index in [9.17, 15) is 9.59 Å². The maximum atomic E-state index is 13.1. The van der Waals surface area contributed by atoms with Crippen LogP contribution in [0, 0.1) is 0 Å². The number of anilines is 1. The predicted molar refractivity (Wildman–Crippen MR) is 105 cm³/mol. The number of urea groups is 1.